The van der Waals surface area contributed by atoms with Crippen LogP contribution in [0.1, 0.15) is 6.42 Å². The van der Waals surface area contributed by atoms with Crippen molar-refractivity contribution >= 4 is 34.1 Å². The van der Waals surface area contributed by atoms with E-state index in [9.17, 15) is 9.18 Å². The van der Waals surface area contributed by atoms with Gasteiger partial charge in [0.25, 0.3) is 0 Å². The Hall–Kier alpha value is -0.950. The molecule has 2 atom stereocenters. The van der Waals surface area contributed by atoms with Crippen molar-refractivity contribution in [3.63, 3.8) is 0 Å². The van der Waals surface area contributed by atoms with Gasteiger partial charge in [0.1, 0.15) is 6.17 Å². The van der Waals surface area contributed by atoms with Crippen LogP contribution in [-0.4, -0.2) is 28.0 Å². The molecule has 2 unspecified atom stereocenters. The topological polar surface area (TPSA) is 54.9 Å². The zero-order valence-corrected chi connectivity index (χ0v) is 9.98. The minimum absolute atomic E-state index is 0.302. The summed E-state index contributed by atoms with van der Waals surface area (Å²) in [5.74, 6) is -0.0466. The molecule has 2 rings (SSSR count). The molecular formula is C9H10FN3OS2. The lowest BCUT2D eigenvalue weighted by Gasteiger charge is -1.96. The molecule has 1 amide bonds. The van der Waals surface area contributed by atoms with Gasteiger partial charge in [-0.1, -0.05) is 29.2 Å². The zero-order valence-electron chi connectivity index (χ0n) is 8.35. The number of halogens is 1. The van der Waals surface area contributed by atoms with Gasteiger partial charge in [0.2, 0.25) is 11.0 Å². The first-order valence-corrected chi connectivity index (χ1v) is 6.53. The number of carbonyl (C=O) groups is 1. The molecule has 1 aliphatic carbocycles. The summed E-state index contributed by atoms with van der Waals surface area (Å²) >= 11 is 2.78. The molecule has 0 saturated heterocycles. The molecule has 1 heterocycles. The van der Waals surface area contributed by atoms with Crippen LogP contribution in [0.25, 0.3) is 0 Å². The van der Waals surface area contributed by atoms with Gasteiger partial charge in [-0.3, -0.25) is 4.79 Å². The molecule has 0 aliphatic heterocycles. The molecule has 1 aliphatic rings. The lowest BCUT2D eigenvalue weighted by atomic mass is 10.4. The fraction of sp³-hybridized carbons (Fsp3) is 0.444. The Kier molecular flexibility index (Phi) is 3.55. The molecule has 1 fully saturated rings. The Balaban J connectivity index is 1.87. The van der Waals surface area contributed by atoms with E-state index in [1.165, 1.54) is 23.1 Å². The molecule has 16 heavy (non-hydrogen) atoms. The molecule has 4 nitrogen and oxygen atoms in total. The van der Waals surface area contributed by atoms with E-state index < -0.39 is 12.1 Å². The molecule has 0 bridgehead atoms. The van der Waals surface area contributed by atoms with Crippen molar-refractivity contribution in [3.05, 3.63) is 12.7 Å². The molecule has 1 aromatic heterocycles. The number of aromatic nitrogens is 2. The zero-order chi connectivity index (χ0) is 11.5. The van der Waals surface area contributed by atoms with Crippen molar-refractivity contribution in [2.75, 3.05) is 11.1 Å². The number of nitrogens with zero attached hydrogens (tertiary/aromatic N) is 2. The van der Waals surface area contributed by atoms with Gasteiger partial charge in [-0.2, -0.15) is 0 Å². The van der Waals surface area contributed by atoms with Crippen LogP contribution < -0.4 is 5.32 Å². The second-order valence-corrected chi connectivity index (χ2v) is 5.56. The average molecular weight is 259 g/mol. The lowest BCUT2D eigenvalue weighted by Crippen LogP contribution is -2.14. The van der Waals surface area contributed by atoms with Crippen molar-refractivity contribution in [3.8, 4) is 0 Å². The minimum Gasteiger partial charge on any atom is -0.300 e. The molecule has 86 valence electrons. The van der Waals surface area contributed by atoms with Gasteiger partial charge in [0.05, 0.1) is 5.92 Å². The highest BCUT2D eigenvalue weighted by Crippen LogP contribution is 2.35. The number of amides is 1. The Morgan fingerprint density at radius 3 is 3.12 bits per heavy atom. The third kappa shape index (κ3) is 2.79. The van der Waals surface area contributed by atoms with Gasteiger partial charge < -0.3 is 5.32 Å². The summed E-state index contributed by atoms with van der Waals surface area (Å²) in [6, 6.07) is 0. The number of rotatable bonds is 5. The highest BCUT2D eigenvalue weighted by molar-refractivity contribution is 8.01. The maximum atomic E-state index is 12.6. The standard InChI is InChI=1S/C9H10FN3OS2/c1-2-3-15-9-13-12-8(16-9)11-7(14)5-4-6(5)10/h2,5-6H,1,3-4H2,(H,11,12,14). The van der Waals surface area contributed by atoms with Crippen molar-refractivity contribution < 1.29 is 9.18 Å². The largest absolute Gasteiger partial charge is 0.300 e. The molecule has 7 heteroatoms. The van der Waals surface area contributed by atoms with E-state index in [0.717, 1.165) is 10.1 Å². The number of anilines is 1. The van der Waals surface area contributed by atoms with Gasteiger partial charge >= 0.3 is 0 Å². The Bertz CT molecular complexity index is 409. The van der Waals surface area contributed by atoms with Crippen molar-refractivity contribution in [1.82, 2.24) is 10.2 Å². The van der Waals surface area contributed by atoms with E-state index in [1.807, 2.05) is 0 Å². The fourth-order valence-electron chi connectivity index (χ4n) is 1.08. The summed E-state index contributed by atoms with van der Waals surface area (Å²) in [6.07, 6.45) is 1.10. The molecule has 0 radical (unpaired) electrons. The molecule has 0 spiro atoms. The predicted octanol–water partition coefficient (Wildman–Crippen LogP) is 2.11. The summed E-state index contributed by atoms with van der Waals surface area (Å²) in [6.45, 7) is 3.59. The summed E-state index contributed by atoms with van der Waals surface area (Å²) in [5, 5.41) is 10.7. The third-order valence-corrected chi connectivity index (χ3v) is 3.98. The number of hydrogen-bond donors (Lipinski definition) is 1. The molecular weight excluding hydrogens is 249 g/mol. The van der Waals surface area contributed by atoms with Gasteiger partial charge in [-0.15, -0.1) is 16.8 Å². The monoisotopic (exact) mass is 259 g/mol. The lowest BCUT2D eigenvalue weighted by molar-refractivity contribution is -0.117. The van der Waals surface area contributed by atoms with E-state index in [4.69, 9.17) is 0 Å². The SMILES string of the molecule is C=CCSc1nnc(NC(=O)C2CC2F)s1. The first-order chi connectivity index (χ1) is 7.70. The number of hydrogen-bond acceptors (Lipinski definition) is 5. The van der Waals surface area contributed by atoms with E-state index >= 15 is 0 Å². The first-order valence-electron chi connectivity index (χ1n) is 4.73. The minimum atomic E-state index is -0.984. The quantitative estimate of drug-likeness (QED) is 0.500. The van der Waals surface area contributed by atoms with Crippen LogP contribution in [0.15, 0.2) is 17.0 Å². The Morgan fingerprint density at radius 1 is 1.75 bits per heavy atom. The Labute approximate surface area is 100 Å². The summed E-state index contributed by atoms with van der Waals surface area (Å²) in [7, 11) is 0. The first kappa shape index (κ1) is 11.5. The molecule has 0 aromatic carbocycles. The highest BCUT2D eigenvalue weighted by Gasteiger charge is 2.43. The number of thioether (sulfide) groups is 1. The average Bonchev–Trinajstić information content (AvgIpc) is 2.83. The van der Waals surface area contributed by atoms with Crippen LogP contribution in [-0.2, 0) is 4.79 Å². The summed E-state index contributed by atoms with van der Waals surface area (Å²) in [5.41, 5.74) is 0. The fourth-order valence-corrected chi connectivity index (χ4v) is 2.60. The number of alkyl halides is 1. The molecule has 1 saturated carbocycles. The predicted molar refractivity (Wildman–Crippen MR) is 62.5 cm³/mol. The second-order valence-electron chi connectivity index (χ2n) is 3.32. The van der Waals surface area contributed by atoms with Gasteiger partial charge in [0.15, 0.2) is 4.34 Å². The number of nitrogens with one attached hydrogen (secondary N) is 1. The van der Waals surface area contributed by atoms with Gasteiger partial charge in [0, 0.05) is 5.75 Å². The highest BCUT2D eigenvalue weighted by atomic mass is 32.2. The van der Waals surface area contributed by atoms with Crippen LogP contribution in [0.3, 0.4) is 0 Å². The maximum Gasteiger partial charge on any atom is 0.232 e. The van der Waals surface area contributed by atoms with E-state index in [-0.39, 0.29) is 5.91 Å². The van der Waals surface area contributed by atoms with E-state index in [0.29, 0.717) is 11.6 Å². The number of carbonyl (C=O) groups excluding carboxylic acids is 1. The van der Waals surface area contributed by atoms with Crippen LogP contribution in [0.2, 0.25) is 0 Å². The van der Waals surface area contributed by atoms with E-state index in [1.54, 1.807) is 6.08 Å². The third-order valence-electron chi connectivity index (χ3n) is 2.01. The smallest absolute Gasteiger partial charge is 0.232 e. The van der Waals surface area contributed by atoms with Crippen LogP contribution in [0.4, 0.5) is 9.52 Å². The maximum absolute atomic E-state index is 12.6. The van der Waals surface area contributed by atoms with E-state index in [2.05, 4.69) is 22.1 Å². The van der Waals surface area contributed by atoms with Crippen molar-refractivity contribution in [1.29, 1.82) is 0 Å². The second kappa shape index (κ2) is 4.92. The van der Waals surface area contributed by atoms with Crippen molar-refractivity contribution in [2.24, 2.45) is 5.92 Å². The summed E-state index contributed by atoms with van der Waals surface area (Å²) in [4.78, 5) is 11.4. The normalized spacial score (nSPS) is 22.8. The van der Waals surface area contributed by atoms with Crippen molar-refractivity contribution in [2.45, 2.75) is 16.9 Å². The molecule has 1 N–H and O–H groups in total. The summed E-state index contributed by atoms with van der Waals surface area (Å²) < 4.78 is 13.4. The van der Waals surface area contributed by atoms with Crippen LogP contribution in [0.5, 0.6) is 0 Å². The van der Waals surface area contributed by atoms with Crippen LogP contribution in [0, 0.1) is 5.92 Å². The van der Waals surface area contributed by atoms with Crippen LogP contribution >= 0.6 is 23.1 Å². The van der Waals surface area contributed by atoms with Gasteiger partial charge in [-0.25, -0.2) is 4.39 Å². The van der Waals surface area contributed by atoms with Gasteiger partial charge in [-0.05, 0) is 6.42 Å². The molecule has 1 aromatic rings. The Morgan fingerprint density at radius 2 is 2.50 bits per heavy atom.